The Morgan fingerprint density at radius 1 is 0.467 bits per heavy atom. The smallest absolute Gasteiger partial charge is 0.0406 e. The van der Waals surface area contributed by atoms with E-state index in [1.54, 1.807) is 0 Å². The molecule has 0 saturated heterocycles. The van der Waals surface area contributed by atoms with Crippen molar-refractivity contribution in [2.75, 3.05) is 26.2 Å². The molecule has 0 fully saturated rings. The molecule has 170 valence electrons. The van der Waals surface area contributed by atoms with Crippen LogP contribution in [0.3, 0.4) is 0 Å². The summed E-state index contributed by atoms with van der Waals surface area (Å²) in [4.78, 5) is 0. The number of hydrogen-bond donors (Lipinski definition) is 2. The molecular weight excluding hydrogens is 547 g/mol. The molecule has 0 saturated carbocycles. The second-order valence-corrected chi connectivity index (χ2v) is 8.25. The van der Waals surface area contributed by atoms with Gasteiger partial charge in [-0.1, -0.05) is 73.2 Å². The topological polar surface area (TPSA) is 24.1 Å². The van der Waals surface area contributed by atoms with E-state index < -0.39 is 0 Å². The van der Waals surface area contributed by atoms with Gasteiger partial charge in [0.2, 0.25) is 0 Å². The van der Waals surface area contributed by atoms with E-state index in [0.29, 0.717) is 0 Å². The van der Waals surface area contributed by atoms with Gasteiger partial charge in [-0.05, 0) is 87.3 Å². The Hall–Kier alpha value is -0.100. The molecule has 0 bridgehead atoms. The molecule has 2 rings (SSSR count). The Morgan fingerprint density at radius 2 is 0.800 bits per heavy atom. The highest BCUT2D eigenvalue weighted by atomic mass is 79.9. The van der Waals surface area contributed by atoms with Crippen LogP contribution in [-0.4, -0.2) is 26.2 Å². The predicted molar refractivity (Wildman–Crippen MR) is 144 cm³/mol. The van der Waals surface area contributed by atoms with Crippen LogP contribution in [0.5, 0.6) is 0 Å². The average molecular weight is 583 g/mol. The van der Waals surface area contributed by atoms with Crippen molar-refractivity contribution >= 4 is 57.2 Å². The van der Waals surface area contributed by atoms with Crippen LogP contribution in [0, 0.1) is 0 Å². The van der Waals surface area contributed by atoms with Crippen LogP contribution in [0.1, 0.15) is 49.7 Å². The summed E-state index contributed by atoms with van der Waals surface area (Å²) in [5, 5.41) is 8.70. The summed E-state index contributed by atoms with van der Waals surface area (Å²) >= 11 is 11.8. The molecule has 0 unspecified atom stereocenters. The van der Waals surface area contributed by atoms with Gasteiger partial charge in [0, 0.05) is 10.0 Å². The summed E-state index contributed by atoms with van der Waals surface area (Å²) in [6.07, 6.45) is 10.1. The summed E-state index contributed by atoms with van der Waals surface area (Å²) in [6, 6.07) is 16.3. The highest BCUT2D eigenvalue weighted by molar-refractivity contribution is 8.93. The molecule has 0 heterocycles. The largest absolute Gasteiger partial charge is 0.316 e. The number of nitrogens with one attached hydrogen (secondary N) is 2. The maximum absolute atomic E-state index is 5.90. The van der Waals surface area contributed by atoms with Gasteiger partial charge in [-0.25, -0.2) is 0 Å². The average Bonchev–Trinajstić information content (AvgIpc) is 2.71. The lowest BCUT2D eigenvalue weighted by molar-refractivity contribution is 0.551. The van der Waals surface area contributed by atoms with Crippen LogP contribution < -0.4 is 10.6 Å². The standard InChI is InChI=1S/C24H34Cl2N2.2BrH/c25-23-11-7-21(8-12-23)15-19-27-17-5-3-1-2-4-6-18-28-20-16-22-9-13-24(26)14-10-22;;/h7-14,27-28H,1-6,15-20H2;2*1H. The van der Waals surface area contributed by atoms with Gasteiger partial charge >= 0.3 is 0 Å². The third-order valence-electron chi connectivity index (χ3n) is 4.96. The summed E-state index contributed by atoms with van der Waals surface area (Å²) in [5.74, 6) is 0. The fraction of sp³-hybridized carbons (Fsp3) is 0.500. The van der Waals surface area contributed by atoms with Gasteiger partial charge in [-0.15, -0.1) is 34.0 Å². The molecule has 0 aliphatic heterocycles. The summed E-state index contributed by atoms with van der Waals surface area (Å²) in [6.45, 7) is 4.34. The van der Waals surface area contributed by atoms with Crippen LogP contribution in [0.25, 0.3) is 0 Å². The third-order valence-corrected chi connectivity index (χ3v) is 5.47. The third kappa shape index (κ3) is 14.8. The van der Waals surface area contributed by atoms with E-state index in [9.17, 15) is 0 Å². The second kappa shape index (κ2) is 19.6. The van der Waals surface area contributed by atoms with Crippen LogP contribution in [-0.2, 0) is 12.8 Å². The predicted octanol–water partition coefficient (Wildman–Crippen LogP) is 7.45. The molecule has 0 aliphatic carbocycles. The van der Waals surface area contributed by atoms with Crippen molar-refractivity contribution in [1.29, 1.82) is 0 Å². The molecule has 6 heteroatoms. The van der Waals surface area contributed by atoms with Crippen molar-refractivity contribution in [2.45, 2.75) is 51.4 Å². The summed E-state index contributed by atoms with van der Waals surface area (Å²) < 4.78 is 0. The van der Waals surface area contributed by atoms with Gasteiger partial charge in [0.05, 0.1) is 0 Å². The number of unbranched alkanes of at least 4 members (excludes halogenated alkanes) is 5. The minimum atomic E-state index is 0. The van der Waals surface area contributed by atoms with E-state index in [1.165, 1.54) is 49.7 Å². The van der Waals surface area contributed by atoms with E-state index in [0.717, 1.165) is 49.1 Å². The Morgan fingerprint density at radius 3 is 1.17 bits per heavy atom. The fourth-order valence-corrected chi connectivity index (χ4v) is 3.48. The summed E-state index contributed by atoms with van der Waals surface area (Å²) in [5.41, 5.74) is 2.69. The van der Waals surface area contributed by atoms with Crippen LogP contribution in [0.4, 0.5) is 0 Å². The Labute approximate surface area is 214 Å². The zero-order valence-electron chi connectivity index (χ0n) is 17.7. The lowest BCUT2D eigenvalue weighted by Crippen LogP contribution is -2.18. The number of halogens is 4. The van der Waals surface area contributed by atoms with E-state index in [1.807, 2.05) is 24.3 Å². The molecular formula is C24H36Br2Cl2N2. The molecule has 0 atom stereocenters. The van der Waals surface area contributed by atoms with Crippen molar-refractivity contribution in [3.05, 3.63) is 69.7 Å². The SMILES string of the molecule is Br.Br.Clc1ccc(CCNCCCCCCCCNCCc2ccc(Cl)cc2)cc1. The van der Waals surface area contributed by atoms with Gasteiger partial charge in [0.15, 0.2) is 0 Å². The molecule has 0 aromatic heterocycles. The van der Waals surface area contributed by atoms with Gasteiger partial charge in [-0.2, -0.15) is 0 Å². The van der Waals surface area contributed by atoms with Gasteiger partial charge < -0.3 is 10.6 Å². The van der Waals surface area contributed by atoms with Crippen LogP contribution in [0.15, 0.2) is 48.5 Å². The highest BCUT2D eigenvalue weighted by Gasteiger charge is 1.96. The molecule has 2 aromatic carbocycles. The van der Waals surface area contributed by atoms with E-state index >= 15 is 0 Å². The van der Waals surface area contributed by atoms with E-state index in [2.05, 4.69) is 34.9 Å². The Kier molecular flexibility index (Phi) is 19.5. The first-order valence-electron chi connectivity index (χ1n) is 10.6. The van der Waals surface area contributed by atoms with Gasteiger partial charge in [0.1, 0.15) is 0 Å². The molecule has 2 nitrogen and oxygen atoms in total. The number of benzene rings is 2. The molecule has 2 aromatic rings. The van der Waals surface area contributed by atoms with Gasteiger partial charge in [0.25, 0.3) is 0 Å². The van der Waals surface area contributed by atoms with Crippen molar-refractivity contribution in [3.8, 4) is 0 Å². The molecule has 0 spiro atoms. The van der Waals surface area contributed by atoms with Crippen molar-refractivity contribution in [1.82, 2.24) is 10.6 Å². The quantitative estimate of drug-likeness (QED) is 0.213. The van der Waals surface area contributed by atoms with Crippen molar-refractivity contribution < 1.29 is 0 Å². The number of hydrogen-bond acceptors (Lipinski definition) is 2. The number of rotatable bonds is 15. The molecule has 2 N–H and O–H groups in total. The lowest BCUT2D eigenvalue weighted by atomic mass is 10.1. The zero-order chi connectivity index (χ0) is 19.9. The van der Waals surface area contributed by atoms with Crippen molar-refractivity contribution in [3.63, 3.8) is 0 Å². The maximum Gasteiger partial charge on any atom is 0.0406 e. The van der Waals surface area contributed by atoms with E-state index in [-0.39, 0.29) is 34.0 Å². The molecule has 30 heavy (non-hydrogen) atoms. The summed E-state index contributed by atoms with van der Waals surface area (Å²) in [7, 11) is 0. The normalized spacial score (nSPS) is 10.3. The van der Waals surface area contributed by atoms with Crippen molar-refractivity contribution in [2.24, 2.45) is 0 Å². The molecule has 0 aliphatic rings. The first-order chi connectivity index (χ1) is 13.7. The van der Waals surface area contributed by atoms with Crippen LogP contribution in [0.2, 0.25) is 10.0 Å². The zero-order valence-corrected chi connectivity index (χ0v) is 22.6. The van der Waals surface area contributed by atoms with Crippen LogP contribution >= 0.6 is 57.2 Å². The first-order valence-corrected chi connectivity index (χ1v) is 11.4. The van der Waals surface area contributed by atoms with E-state index in [4.69, 9.17) is 23.2 Å². The second-order valence-electron chi connectivity index (χ2n) is 7.37. The Balaban J connectivity index is 0.00000420. The monoisotopic (exact) mass is 580 g/mol. The lowest BCUT2D eigenvalue weighted by Gasteiger charge is -2.06. The van der Waals surface area contributed by atoms with Gasteiger partial charge in [-0.3, -0.25) is 0 Å². The molecule has 0 amide bonds. The Bertz CT molecular complexity index is 579. The highest BCUT2D eigenvalue weighted by Crippen LogP contribution is 2.10. The fourth-order valence-electron chi connectivity index (χ4n) is 3.22. The molecule has 0 radical (unpaired) electrons. The maximum atomic E-state index is 5.90. The first kappa shape index (κ1) is 29.9. The minimum Gasteiger partial charge on any atom is -0.316 e. The minimum absolute atomic E-state index is 0.